The molecular weight excluding hydrogens is 340 g/mol. The van der Waals surface area contributed by atoms with E-state index >= 15 is 0 Å². The van der Waals surface area contributed by atoms with Crippen molar-refractivity contribution < 1.29 is 4.74 Å². The Morgan fingerprint density at radius 2 is 1.95 bits per heavy atom. The Kier molecular flexibility index (Phi) is 5.43. The van der Waals surface area contributed by atoms with Gasteiger partial charge in [-0.15, -0.1) is 0 Å². The summed E-state index contributed by atoms with van der Waals surface area (Å²) in [5.74, 6) is 1.51. The topological polar surface area (TPSA) is 35.0 Å². The van der Waals surface area contributed by atoms with Crippen molar-refractivity contribution in [3.05, 3.63) is 21.1 Å². The molecule has 1 aromatic rings. The highest BCUT2D eigenvalue weighted by Crippen LogP contribution is 2.42. The van der Waals surface area contributed by atoms with Gasteiger partial charge in [-0.2, -0.15) is 0 Å². The maximum Gasteiger partial charge on any atom is 0.162 e. The second-order valence-corrected chi connectivity index (χ2v) is 6.71. The van der Waals surface area contributed by atoms with Gasteiger partial charge in [0.05, 0.1) is 10.2 Å². The molecule has 1 aliphatic carbocycles. The third-order valence-electron chi connectivity index (χ3n) is 4.12. The third kappa shape index (κ3) is 3.18. The zero-order valence-electron chi connectivity index (χ0n) is 12.4. The average molecular weight is 362 g/mol. The van der Waals surface area contributed by atoms with Gasteiger partial charge in [0.2, 0.25) is 0 Å². The van der Waals surface area contributed by atoms with E-state index in [0.29, 0.717) is 11.8 Å². The Labute approximate surface area is 134 Å². The monoisotopic (exact) mass is 360 g/mol. The second-order valence-electron chi connectivity index (χ2n) is 5.56. The van der Waals surface area contributed by atoms with Crippen molar-refractivity contribution in [2.24, 2.45) is 5.92 Å². The van der Waals surface area contributed by atoms with Crippen molar-refractivity contribution in [2.75, 3.05) is 6.61 Å². The van der Waals surface area contributed by atoms with E-state index in [1.54, 1.807) is 0 Å². The van der Waals surface area contributed by atoms with Crippen molar-refractivity contribution in [1.29, 1.82) is 0 Å². The fourth-order valence-electron chi connectivity index (χ4n) is 2.84. The molecule has 1 fully saturated rings. The molecule has 1 saturated carbocycles. The summed E-state index contributed by atoms with van der Waals surface area (Å²) in [4.78, 5) is 9.23. The quantitative estimate of drug-likeness (QED) is 0.716. The molecule has 1 aromatic heterocycles. The zero-order valence-corrected chi connectivity index (χ0v) is 14.7. The minimum Gasteiger partial charge on any atom is -0.367 e. The Hall–Kier alpha value is -0.190. The SMILES string of the molecule is CCOC1(c2nc(Cl)c(Br)c(CC)n2)CCC(C)CC1. The predicted molar refractivity (Wildman–Crippen MR) is 85.1 cm³/mol. The number of aromatic nitrogens is 2. The molecule has 112 valence electrons. The highest BCUT2D eigenvalue weighted by Gasteiger charge is 2.39. The first kappa shape index (κ1) is 16.2. The molecule has 0 spiro atoms. The average Bonchev–Trinajstić information content (AvgIpc) is 2.44. The lowest BCUT2D eigenvalue weighted by Crippen LogP contribution is -2.36. The minimum atomic E-state index is -0.352. The standard InChI is InChI=1S/C15H22BrClN2O/c1-4-11-12(16)13(17)19-14(18-11)15(20-5-2)8-6-10(3)7-9-15/h10H,4-9H2,1-3H3. The molecule has 5 heteroatoms. The highest BCUT2D eigenvalue weighted by molar-refractivity contribution is 9.10. The van der Waals surface area contributed by atoms with Crippen molar-refractivity contribution in [3.63, 3.8) is 0 Å². The van der Waals surface area contributed by atoms with Gasteiger partial charge >= 0.3 is 0 Å². The molecule has 2 rings (SSSR count). The summed E-state index contributed by atoms with van der Waals surface area (Å²) in [6.45, 7) is 7.07. The smallest absolute Gasteiger partial charge is 0.162 e. The van der Waals surface area contributed by atoms with Crippen LogP contribution in [0.1, 0.15) is 58.0 Å². The van der Waals surface area contributed by atoms with Gasteiger partial charge < -0.3 is 4.74 Å². The van der Waals surface area contributed by atoms with E-state index in [4.69, 9.17) is 21.3 Å². The van der Waals surface area contributed by atoms with Gasteiger partial charge in [-0.25, -0.2) is 9.97 Å². The lowest BCUT2D eigenvalue weighted by atomic mass is 9.79. The molecule has 0 radical (unpaired) electrons. The van der Waals surface area contributed by atoms with Crippen LogP contribution in [0.3, 0.4) is 0 Å². The summed E-state index contributed by atoms with van der Waals surface area (Å²) in [5, 5.41) is 0.490. The Morgan fingerprint density at radius 3 is 2.50 bits per heavy atom. The van der Waals surface area contributed by atoms with E-state index in [1.165, 1.54) is 0 Å². The van der Waals surface area contributed by atoms with Crippen LogP contribution in [0.15, 0.2) is 4.47 Å². The molecule has 0 N–H and O–H groups in total. The molecule has 0 unspecified atom stereocenters. The van der Waals surface area contributed by atoms with Crippen LogP contribution in [0.2, 0.25) is 5.15 Å². The summed E-state index contributed by atoms with van der Waals surface area (Å²) in [7, 11) is 0. The van der Waals surface area contributed by atoms with Crippen LogP contribution >= 0.6 is 27.5 Å². The maximum atomic E-state index is 6.25. The van der Waals surface area contributed by atoms with Crippen molar-refractivity contribution in [1.82, 2.24) is 9.97 Å². The van der Waals surface area contributed by atoms with Gasteiger partial charge in [-0.3, -0.25) is 0 Å². The van der Waals surface area contributed by atoms with Gasteiger partial charge in [-0.05, 0) is 60.9 Å². The zero-order chi connectivity index (χ0) is 14.8. The number of rotatable bonds is 4. The van der Waals surface area contributed by atoms with Gasteiger partial charge in [0.25, 0.3) is 0 Å². The number of ether oxygens (including phenoxy) is 1. The van der Waals surface area contributed by atoms with Crippen molar-refractivity contribution >= 4 is 27.5 Å². The first-order chi connectivity index (χ1) is 9.52. The lowest BCUT2D eigenvalue weighted by Gasteiger charge is -2.38. The summed E-state index contributed by atoms with van der Waals surface area (Å²) < 4.78 is 6.91. The highest BCUT2D eigenvalue weighted by atomic mass is 79.9. The van der Waals surface area contributed by atoms with E-state index in [1.807, 2.05) is 6.92 Å². The summed E-state index contributed by atoms with van der Waals surface area (Å²) in [6, 6.07) is 0. The van der Waals surface area contributed by atoms with Gasteiger partial charge in [0.15, 0.2) is 5.82 Å². The second kappa shape index (κ2) is 6.71. The molecule has 3 nitrogen and oxygen atoms in total. The van der Waals surface area contributed by atoms with Gasteiger partial charge in [0, 0.05) is 6.61 Å². The van der Waals surface area contributed by atoms with Crippen LogP contribution in [0, 0.1) is 5.92 Å². The normalized spacial score (nSPS) is 26.8. The number of hydrogen-bond acceptors (Lipinski definition) is 3. The number of aryl methyl sites for hydroxylation is 1. The lowest BCUT2D eigenvalue weighted by molar-refractivity contribution is -0.0838. The van der Waals surface area contributed by atoms with Gasteiger partial charge in [-0.1, -0.05) is 25.4 Å². The van der Waals surface area contributed by atoms with Crippen LogP contribution in [0.5, 0.6) is 0 Å². The molecule has 1 heterocycles. The minimum absolute atomic E-state index is 0.352. The first-order valence-electron chi connectivity index (χ1n) is 7.38. The van der Waals surface area contributed by atoms with E-state index in [-0.39, 0.29) is 5.60 Å². The molecule has 0 bridgehead atoms. The molecule has 0 atom stereocenters. The molecule has 0 saturated heterocycles. The summed E-state index contributed by atoms with van der Waals surface area (Å²) in [6.07, 6.45) is 5.08. The third-order valence-corrected chi connectivity index (χ3v) is 5.46. The Morgan fingerprint density at radius 1 is 1.30 bits per heavy atom. The van der Waals surface area contributed by atoms with E-state index < -0.39 is 0 Å². The molecule has 20 heavy (non-hydrogen) atoms. The maximum absolute atomic E-state index is 6.25. The van der Waals surface area contributed by atoms with Crippen LogP contribution in [0.25, 0.3) is 0 Å². The summed E-state index contributed by atoms with van der Waals surface area (Å²) in [5.41, 5.74) is 0.605. The summed E-state index contributed by atoms with van der Waals surface area (Å²) >= 11 is 9.72. The van der Waals surface area contributed by atoms with Crippen LogP contribution in [-0.4, -0.2) is 16.6 Å². The van der Waals surface area contributed by atoms with E-state index in [0.717, 1.165) is 54.0 Å². The predicted octanol–water partition coefficient (Wildman–Crippen LogP) is 4.90. The largest absolute Gasteiger partial charge is 0.367 e. The molecule has 0 aliphatic heterocycles. The first-order valence-corrected chi connectivity index (χ1v) is 8.55. The van der Waals surface area contributed by atoms with Crippen molar-refractivity contribution in [3.8, 4) is 0 Å². The molecular formula is C15H22BrClN2O. The number of nitrogens with zero attached hydrogens (tertiary/aromatic N) is 2. The Balaban J connectivity index is 2.41. The molecule has 0 aromatic carbocycles. The Bertz CT molecular complexity index is 473. The van der Waals surface area contributed by atoms with Crippen LogP contribution < -0.4 is 0 Å². The van der Waals surface area contributed by atoms with E-state index in [9.17, 15) is 0 Å². The molecule has 1 aliphatic rings. The van der Waals surface area contributed by atoms with Gasteiger partial charge in [0.1, 0.15) is 10.8 Å². The van der Waals surface area contributed by atoms with Crippen LogP contribution in [0.4, 0.5) is 0 Å². The van der Waals surface area contributed by atoms with E-state index in [2.05, 4.69) is 34.8 Å². The fourth-order valence-corrected chi connectivity index (χ4v) is 3.49. The number of hydrogen-bond donors (Lipinski definition) is 0. The van der Waals surface area contributed by atoms with Crippen molar-refractivity contribution in [2.45, 2.75) is 58.5 Å². The fraction of sp³-hybridized carbons (Fsp3) is 0.733. The van der Waals surface area contributed by atoms with Crippen LogP contribution in [-0.2, 0) is 16.8 Å². The number of halogens is 2. The molecule has 0 amide bonds.